The Labute approximate surface area is 105 Å². The van der Waals surface area contributed by atoms with E-state index in [9.17, 15) is 0 Å². The average Bonchev–Trinajstić information content (AvgIpc) is 2.87. The van der Waals surface area contributed by atoms with Crippen LogP contribution in [0.1, 0.15) is 29.8 Å². The molecule has 0 N–H and O–H groups in total. The van der Waals surface area contributed by atoms with Gasteiger partial charge in [0.2, 0.25) is 0 Å². The summed E-state index contributed by atoms with van der Waals surface area (Å²) in [5.74, 6) is 0. The Morgan fingerprint density at radius 3 is 2.89 bits per heavy atom. The molecule has 1 aromatic carbocycles. The van der Waals surface area contributed by atoms with Gasteiger partial charge in [-0.1, -0.05) is 12.1 Å². The minimum absolute atomic E-state index is 0.0969. The summed E-state index contributed by atoms with van der Waals surface area (Å²) in [6.45, 7) is 2.67. The van der Waals surface area contributed by atoms with E-state index in [0.29, 0.717) is 12.2 Å². The summed E-state index contributed by atoms with van der Waals surface area (Å²) in [5, 5.41) is 8.83. The third kappa shape index (κ3) is 1.69. The van der Waals surface area contributed by atoms with Crippen LogP contribution >= 0.6 is 0 Å². The number of rotatable bonds is 1. The number of aromatic nitrogens is 2. The van der Waals surface area contributed by atoms with Crippen LogP contribution in [-0.4, -0.2) is 15.7 Å². The van der Waals surface area contributed by atoms with Gasteiger partial charge in [0.05, 0.1) is 48.6 Å². The molecule has 4 nitrogen and oxygen atoms in total. The highest BCUT2D eigenvalue weighted by molar-refractivity contribution is 5.34. The van der Waals surface area contributed by atoms with Gasteiger partial charge in [-0.05, 0) is 24.6 Å². The number of imidazole rings is 1. The smallest absolute Gasteiger partial charge is 0.0991 e. The van der Waals surface area contributed by atoms with Crippen LogP contribution in [0.5, 0.6) is 0 Å². The van der Waals surface area contributed by atoms with E-state index in [1.54, 1.807) is 0 Å². The minimum Gasteiger partial charge on any atom is -0.370 e. The maximum atomic E-state index is 8.83. The van der Waals surface area contributed by atoms with Crippen LogP contribution in [0.3, 0.4) is 0 Å². The van der Waals surface area contributed by atoms with E-state index in [0.717, 1.165) is 11.3 Å². The zero-order valence-corrected chi connectivity index (χ0v) is 10.1. The van der Waals surface area contributed by atoms with Crippen LogP contribution in [-0.2, 0) is 11.3 Å². The van der Waals surface area contributed by atoms with E-state index < -0.39 is 0 Å². The largest absolute Gasteiger partial charge is 0.370 e. The molecule has 2 aromatic rings. The zero-order valence-electron chi connectivity index (χ0n) is 10.1. The molecule has 2 unspecified atom stereocenters. The SMILES string of the molecule is CC1OCc2cncn2C1c1ccc(C#N)cc1. The van der Waals surface area contributed by atoms with Gasteiger partial charge in [0.15, 0.2) is 0 Å². The first kappa shape index (κ1) is 11.0. The van der Waals surface area contributed by atoms with Gasteiger partial charge in [0, 0.05) is 0 Å². The van der Waals surface area contributed by atoms with Crippen molar-refractivity contribution in [1.82, 2.24) is 9.55 Å². The fourth-order valence-electron chi connectivity index (χ4n) is 2.41. The summed E-state index contributed by atoms with van der Waals surface area (Å²) in [6.07, 6.45) is 3.78. The van der Waals surface area contributed by atoms with Gasteiger partial charge in [-0.2, -0.15) is 5.26 Å². The highest BCUT2D eigenvalue weighted by atomic mass is 16.5. The molecular formula is C14H13N3O. The lowest BCUT2D eigenvalue weighted by Gasteiger charge is -2.32. The Hall–Kier alpha value is -2.12. The Bertz CT molecular complexity index is 594. The molecule has 0 saturated carbocycles. The first-order valence-corrected chi connectivity index (χ1v) is 5.92. The molecule has 0 bridgehead atoms. The topological polar surface area (TPSA) is 50.8 Å². The quantitative estimate of drug-likeness (QED) is 0.767. The van der Waals surface area contributed by atoms with Gasteiger partial charge in [-0.25, -0.2) is 4.98 Å². The molecular weight excluding hydrogens is 226 g/mol. The molecule has 1 aromatic heterocycles. The van der Waals surface area contributed by atoms with Gasteiger partial charge in [-0.3, -0.25) is 0 Å². The van der Waals surface area contributed by atoms with Gasteiger partial charge in [-0.15, -0.1) is 0 Å². The van der Waals surface area contributed by atoms with Gasteiger partial charge in [0.1, 0.15) is 0 Å². The Kier molecular flexibility index (Phi) is 2.62. The van der Waals surface area contributed by atoms with Crippen molar-refractivity contribution < 1.29 is 4.74 Å². The first-order chi connectivity index (χ1) is 8.79. The third-order valence-corrected chi connectivity index (χ3v) is 3.37. The molecule has 18 heavy (non-hydrogen) atoms. The molecule has 3 rings (SSSR count). The predicted molar refractivity (Wildman–Crippen MR) is 65.8 cm³/mol. The van der Waals surface area contributed by atoms with Crippen LogP contribution in [0, 0.1) is 11.3 Å². The van der Waals surface area contributed by atoms with Crippen molar-refractivity contribution in [2.45, 2.75) is 25.7 Å². The number of fused-ring (bicyclic) bond motifs is 1. The molecule has 0 saturated heterocycles. The van der Waals surface area contributed by atoms with Crippen LogP contribution < -0.4 is 0 Å². The lowest BCUT2D eigenvalue weighted by molar-refractivity contribution is 0.000719. The zero-order chi connectivity index (χ0) is 12.5. The Balaban J connectivity index is 2.03. The fourth-order valence-corrected chi connectivity index (χ4v) is 2.41. The molecule has 0 spiro atoms. The minimum atomic E-state index is 0.0969. The predicted octanol–water partition coefficient (Wildman–Crippen LogP) is 2.26. The monoisotopic (exact) mass is 239 g/mol. The average molecular weight is 239 g/mol. The number of nitrogens with zero attached hydrogens (tertiary/aromatic N) is 3. The molecule has 90 valence electrons. The van der Waals surface area contributed by atoms with Crippen molar-refractivity contribution in [3.8, 4) is 6.07 Å². The summed E-state index contributed by atoms with van der Waals surface area (Å²) in [5.41, 5.74) is 2.90. The van der Waals surface area contributed by atoms with E-state index in [-0.39, 0.29) is 12.1 Å². The summed E-state index contributed by atoms with van der Waals surface area (Å²) in [6, 6.07) is 9.91. The summed E-state index contributed by atoms with van der Waals surface area (Å²) in [7, 11) is 0. The van der Waals surface area contributed by atoms with Crippen molar-refractivity contribution in [3.63, 3.8) is 0 Å². The fraction of sp³-hybridized carbons (Fsp3) is 0.286. The van der Waals surface area contributed by atoms with Gasteiger partial charge in [0.25, 0.3) is 0 Å². The normalized spacial score (nSPS) is 22.2. The van der Waals surface area contributed by atoms with Crippen molar-refractivity contribution >= 4 is 0 Å². The molecule has 4 heteroatoms. The Morgan fingerprint density at radius 2 is 2.17 bits per heavy atom. The second-order valence-electron chi connectivity index (χ2n) is 4.49. The molecule has 0 radical (unpaired) electrons. The first-order valence-electron chi connectivity index (χ1n) is 5.92. The van der Waals surface area contributed by atoms with E-state index in [1.807, 2.05) is 36.8 Å². The number of nitriles is 1. The lowest BCUT2D eigenvalue weighted by atomic mass is 9.99. The molecule has 2 heterocycles. The number of hydrogen-bond acceptors (Lipinski definition) is 3. The lowest BCUT2D eigenvalue weighted by Crippen LogP contribution is -2.31. The number of benzene rings is 1. The maximum absolute atomic E-state index is 8.83. The van der Waals surface area contributed by atoms with E-state index in [4.69, 9.17) is 10.00 Å². The standard InChI is InChI=1S/C14H13N3O/c1-10-14(12-4-2-11(6-15)3-5-12)17-9-16-7-13(17)8-18-10/h2-5,7,9-10,14H,8H2,1H3. The van der Waals surface area contributed by atoms with Crippen molar-refractivity contribution in [2.75, 3.05) is 0 Å². The highest BCUT2D eigenvalue weighted by Crippen LogP contribution is 2.30. The molecule has 0 aliphatic carbocycles. The molecule has 1 aliphatic rings. The molecule has 1 aliphatic heterocycles. The van der Waals surface area contributed by atoms with Crippen molar-refractivity contribution in [2.24, 2.45) is 0 Å². The van der Waals surface area contributed by atoms with Crippen LogP contribution in [0.25, 0.3) is 0 Å². The van der Waals surface area contributed by atoms with Gasteiger partial charge < -0.3 is 9.30 Å². The molecule has 0 fully saturated rings. The van der Waals surface area contributed by atoms with Crippen LogP contribution in [0.15, 0.2) is 36.8 Å². The number of hydrogen-bond donors (Lipinski definition) is 0. The maximum Gasteiger partial charge on any atom is 0.0991 e. The second kappa shape index (κ2) is 4.28. The summed E-state index contributed by atoms with van der Waals surface area (Å²) in [4.78, 5) is 4.18. The third-order valence-electron chi connectivity index (χ3n) is 3.37. The van der Waals surface area contributed by atoms with Crippen molar-refractivity contribution in [1.29, 1.82) is 5.26 Å². The van der Waals surface area contributed by atoms with Crippen molar-refractivity contribution in [3.05, 3.63) is 53.6 Å². The summed E-state index contributed by atoms with van der Waals surface area (Å²) < 4.78 is 7.91. The number of ether oxygens (including phenoxy) is 1. The van der Waals surface area contributed by atoms with E-state index >= 15 is 0 Å². The van der Waals surface area contributed by atoms with E-state index in [1.165, 1.54) is 0 Å². The van der Waals surface area contributed by atoms with E-state index in [2.05, 4.69) is 22.5 Å². The summed E-state index contributed by atoms with van der Waals surface area (Å²) >= 11 is 0. The Morgan fingerprint density at radius 1 is 1.39 bits per heavy atom. The van der Waals surface area contributed by atoms with Crippen LogP contribution in [0.2, 0.25) is 0 Å². The molecule has 0 amide bonds. The second-order valence-corrected chi connectivity index (χ2v) is 4.49. The van der Waals surface area contributed by atoms with Crippen LogP contribution in [0.4, 0.5) is 0 Å². The van der Waals surface area contributed by atoms with Gasteiger partial charge >= 0.3 is 0 Å². The highest BCUT2D eigenvalue weighted by Gasteiger charge is 2.28. The molecule has 2 atom stereocenters.